The van der Waals surface area contributed by atoms with Crippen molar-refractivity contribution in [1.82, 2.24) is 0 Å². The van der Waals surface area contributed by atoms with Crippen molar-refractivity contribution in [3.8, 4) is 5.75 Å². The summed E-state index contributed by atoms with van der Waals surface area (Å²) in [5.41, 5.74) is 4.16. The molecule has 0 saturated carbocycles. The van der Waals surface area contributed by atoms with E-state index in [0.717, 1.165) is 34.5 Å². The number of aryl methyl sites for hydroxylation is 3. The molecule has 0 radical (unpaired) electrons. The normalized spacial score (nSPS) is 11.8. The molecule has 0 aliphatic carbocycles. The minimum Gasteiger partial charge on any atom is -0.480 e. The topological polar surface area (TPSA) is 38.3 Å². The lowest BCUT2D eigenvalue weighted by Gasteiger charge is -2.20. The molecule has 0 heterocycles. The van der Waals surface area contributed by atoms with Gasteiger partial charge in [0.1, 0.15) is 5.75 Å². The number of benzene rings is 2. The van der Waals surface area contributed by atoms with E-state index in [1.54, 1.807) is 0 Å². The summed E-state index contributed by atoms with van der Waals surface area (Å²) < 4.78 is 5.93. The van der Waals surface area contributed by atoms with E-state index in [9.17, 15) is 4.79 Å². The summed E-state index contributed by atoms with van der Waals surface area (Å²) in [6.07, 6.45) is 1.00. The molecule has 1 N–H and O–H groups in total. The van der Waals surface area contributed by atoms with Crippen LogP contribution in [-0.4, -0.2) is 12.0 Å². The average Bonchev–Trinajstić information content (AvgIpc) is 2.55. The number of anilines is 1. The number of hydrogen-bond acceptors (Lipinski definition) is 2. The number of hydrogen-bond donors (Lipinski definition) is 1. The van der Waals surface area contributed by atoms with E-state index in [2.05, 4.69) is 12.2 Å². The smallest absolute Gasteiger partial charge is 0.265 e. The van der Waals surface area contributed by atoms with Crippen LogP contribution in [0.25, 0.3) is 0 Å². The maximum absolute atomic E-state index is 12.6. The predicted octanol–water partition coefficient (Wildman–Crippen LogP) is 4.66. The van der Waals surface area contributed by atoms with Gasteiger partial charge in [0.25, 0.3) is 5.91 Å². The van der Waals surface area contributed by atoms with E-state index in [0.29, 0.717) is 6.42 Å². The quantitative estimate of drug-likeness (QED) is 0.842. The van der Waals surface area contributed by atoms with Gasteiger partial charge in [-0.1, -0.05) is 50.2 Å². The summed E-state index contributed by atoms with van der Waals surface area (Å²) in [5.74, 6) is 0.662. The standard InChI is InChI=1S/C20H25NO2/c1-5-16-12-9-11-15(4)19(16)21-20(22)17(6-2)23-18-13-8-7-10-14(18)3/h7-13,17H,5-6H2,1-4H3,(H,21,22)/t17-/m0/s1. The molecule has 1 amide bonds. The molecule has 2 aromatic rings. The van der Waals surface area contributed by atoms with E-state index in [1.165, 1.54) is 0 Å². The Morgan fingerprint density at radius 2 is 1.74 bits per heavy atom. The molecule has 23 heavy (non-hydrogen) atoms. The third kappa shape index (κ3) is 4.13. The molecular weight excluding hydrogens is 286 g/mol. The van der Waals surface area contributed by atoms with Gasteiger partial charge in [0.2, 0.25) is 0 Å². The summed E-state index contributed by atoms with van der Waals surface area (Å²) in [6, 6.07) is 13.8. The number of para-hydroxylation sites is 2. The number of nitrogens with one attached hydrogen (secondary N) is 1. The van der Waals surface area contributed by atoms with E-state index < -0.39 is 6.10 Å². The fourth-order valence-electron chi connectivity index (χ4n) is 2.57. The van der Waals surface area contributed by atoms with Crippen molar-refractivity contribution in [3.05, 3.63) is 59.2 Å². The fourth-order valence-corrected chi connectivity index (χ4v) is 2.57. The molecule has 0 bridgehead atoms. The molecule has 0 saturated heterocycles. The van der Waals surface area contributed by atoms with Gasteiger partial charge in [-0.05, 0) is 49.4 Å². The first-order valence-electron chi connectivity index (χ1n) is 8.18. The van der Waals surface area contributed by atoms with Crippen LogP contribution in [0.4, 0.5) is 5.69 Å². The fraction of sp³-hybridized carbons (Fsp3) is 0.350. The Morgan fingerprint density at radius 1 is 1.04 bits per heavy atom. The first-order chi connectivity index (χ1) is 11.1. The Bertz CT molecular complexity index is 679. The van der Waals surface area contributed by atoms with Gasteiger partial charge in [-0.25, -0.2) is 0 Å². The second-order valence-electron chi connectivity index (χ2n) is 5.73. The molecule has 0 unspecified atom stereocenters. The molecule has 0 aromatic heterocycles. The largest absolute Gasteiger partial charge is 0.480 e. The van der Waals surface area contributed by atoms with Gasteiger partial charge in [0, 0.05) is 5.69 Å². The van der Waals surface area contributed by atoms with Gasteiger partial charge < -0.3 is 10.1 Å². The maximum atomic E-state index is 12.6. The van der Waals surface area contributed by atoms with E-state index in [-0.39, 0.29) is 5.91 Å². The SMILES string of the molecule is CCc1cccc(C)c1NC(=O)[C@H](CC)Oc1ccccc1C. The van der Waals surface area contributed by atoms with Crippen LogP contribution in [-0.2, 0) is 11.2 Å². The summed E-state index contributed by atoms with van der Waals surface area (Å²) in [7, 11) is 0. The molecule has 2 aromatic carbocycles. The maximum Gasteiger partial charge on any atom is 0.265 e. The number of rotatable bonds is 6. The lowest BCUT2D eigenvalue weighted by Crippen LogP contribution is -2.33. The minimum atomic E-state index is -0.500. The van der Waals surface area contributed by atoms with Gasteiger partial charge in [-0.15, -0.1) is 0 Å². The molecule has 1 atom stereocenters. The molecule has 3 heteroatoms. The molecule has 0 aliphatic heterocycles. The second kappa shape index (κ2) is 7.82. The third-order valence-electron chi connectivity index (χ3n) is 4.01. The van der Waals surface area contributed by atoms with Crippen LogP contribution >= 0.6 is 0 Å². The summed E-state index contributed by atoms with van der Waals surface area (Å²) in [6.45, 7) is 8.04. The number of carbonyl (C=O) groups is 1. The minimum absolute atomic E-state index is 0.0975. The Hall–Kier alpha value is -2.29. The Morgan fingerprint density at radius 3 is 2.39 bits per heavy atom. The van der Waals surface area contributed by atoms with E-state index in [1.807, 2.05) is 63.2 Å². The lowest BCUT2D eigenvalue weighted by atomic mass is 10.1. The van der Waals surface area contributed by atoms with Crippen LogP contribution < -0.4 is 10.1 Å². The van der Waals surface area contributed by atoms with Crippen LogP contribution in [0, 0.1) is 13.8 Å². The second-order valence-corrected chi connectivity index (χ2v) is 5.73. The van der Waals surface area contributed by atoms with Crippen molar-refractivity contribution in [3.63, 3.8) is 0 Å². The molecular formula is C20H25NO2. The lowest BCUT2D eigenvalue weighted by molar-refractivity contribution is -0.122. The van der Waals surface area contributed by atoms with E-state index >= 15 is 0 Å². The highest BCUT2D eigenvalue weighted by Crippen LogP contribution is 2.23. The van der Waals surface area contributed by atoms with Crippen LogP contribution in [0.5, 0.6) is 5.75 Å². The van der Waals surface area contributed by atoms with Crippen molar-refractivity contribution in [2.45, 2.75) is 46.6 Å². The molecule has 2 rings (SSSR count). The van der Waals surface area contributed by atoms with Crippen LogP contribution in [0.2, 0.25) is 0 Å². The first-order valence-corrected chi connectivity index (χ1v) is 8.18. The molecule has 0 spiro atoms. The van der Waals surface area contributed by atoms with Gasteiger partial charge in [-0.2, -0.15) is 0 Å². The van der Waals surface area contributed by atoms with Crippen LogP contribution in [0.15, 0.2) is 42.5 Å². The highest BCUT2D eigenvalue weighted by Gasteiger charge is 2.20. The monoisotopic (exact) mass is 311 g/mol. The summed E-state index contributed by atoms with van der Waals surface area (Å²) >= 11 is 0. The van der Waals surface area contributed by atoms with Gasteiger partial charge in [-0.3, -0.25) is 4.79 Å². The number of carbonyl (C=O) groups excluding carboxylic acids is 1. The summed E-state index contributed by atoms with van der Waals surface area (Å²) in [5, 5.41) is 3.06. The highest BCUT2D eigenvalue weighted by molar-refractivity contribution is 5.95. The zero-order chi connectivity index (χ0) is 16.8. The summed E-state index contributed by atoms with van der Waals surface area (Å²) in [4.78, 5) is 12.6. The zero-order valence-electron chi connectivity index (χ0n) is 14.3. The van der Waals surface area contributed by atoms with Gasteiger partial charge in [0.05, 0.1) is 0 Å². The molecule has 0 aliphatic rings. The average molecular weight is 311 g/mol. The van der Waals surface area contributed by atoms with Crippen LogP contribution in [0.3, 0.4) is 0 Å². The third-order valence-corrected chi connectivity index (χ3v) is 4.01. The van der Waals surface area contributed by atoms with Crippen molar-refractivity contribution < 1.29 is 9.53 Å². The first kappa shape index (κ1) is 17.1. The van der Waals surface area contributed by atoms with Gasteiger partial charge in [0.15, 0.2) is 6.10 Å². The Labute approximate surface area is 138 Å². The highest BCUT2D eigenvalue weighted by atomic mass is 16.5. The Balaban J connectivity index is 2.17. The van der Waals surface area contributed by atoms with Crippen molar-refractivity contribution in [1.29, 1.82) is 0 Å². The molecule has 3 nitrogen and oxygen atoms in total. The van der Waals surface area contributed by atoms with E-state index in [4.69, 9.17) is 4.74 Å². The number of ether oxygens (including phenoxy) is 1. The van der Waals surface area contributed by atoms with Crippen LogP contribution in [0.1, 0.15) is 37.0 Å². The molecule has 122 valence electrons. The zero-order valence-corrected chi connectivity index (χ0v) is 14.3. The molecule has 0 fully saturated rings. The van der Waals surface area contributed by atoms with Gasteiger partial charge >= 0.3 is 0 Å². The van der Waals surface area contributed by atoms with Crippen molar-refractivity contribution in [2.75, 3.05) is 5.32 Å². The Kier molecular flexibility index (Phi) is 5.80. The number of amides is 1. The predicted molar refractivity (Wildman–Crippen MR) is 95.1 cm³/mol. The van der Waals surface area contributed by atoms with Crippen molar-refractivity contribution in [2.24, 2.45) is 0 Å². The van der Waals surface area contributed by atoms with Crippen molar-refractivity contribution >= 4 is 11.6 Å².